The second-order valence-electron chi connectivity index (χ2n) is 4.50. The van der Waals surface area contributed by atoms with E-state index in [1.807, 2.05) is 18.2 Å². The summed E-state index contributed by atoms with van der Waals surface area (Å²) in [5, 5.41) is 19.1. The van der Waals surface area contributed by atoms with Crippen molar-refractivity contribution in [1.29, 1.82) is 0 Å². The van der Waals surface area contributed by atoms with Gasteiger partial charge in [0.2, 0.25) is 0 Å². The highest BCUT2D eigenvalue weighted by Gasteiger charge is 2.30. The first kappa shape index (κ1) is 11.4. The zero-order valence-electron chi connectivity index (χ0n) is 10.1. The summed E-state index contributed by atoms with van der Waals surface area (Å²) in [5.41, 5.74) is 1.31. The van der Waals surface area contributed by atoms with E-state index in [0.29, 0.717) is 0 Å². The van der Waals surface area contributed by atoms with Crippen LogP contribution >= 0.6 is 10.2 Å². The standard InChI is InChI=1S/C14H15NO2S/c1-18(11-6-7-12(16)13(17)8-11)14-5-3-2-4-10(14)9-15-18/h2-8,15-17H,9H2,1H3. The maximum atomic E-state index is 9.66. The quantitative estimate of drug-likeness (QED) is 0.692. The fourth-order valence-electron chi connectivity index (χ4n) is 2.32. The van der Waals surface area contributed by atoms with Crippen molar-refractivity contribution in [2.75, 3.05) is 6.26 Å². The van der Waals surface area contributed by atoms with E-state index in [0.717, 1.165) is 11.4 Å². The number of aromatic hydroxyl groups is 2. The summed E-state index contributed by atoms with van der Waals surface area (Å²) in [7, 11) is -1.30. The Balaban J connectivity index is 2.14. The van der Waals surface area contributed by atoms with Crippen LogP contribution in [0.4, 0.5) is 0 Å². The maximum absolute atomic E-state index is 9.66. The zero-order valence-corrected chi connectivity index (χ0v) is 10.9. The Bertz CT molecular complexity index is 614. The number of phenols is 2. The third kappa shape index (κ3) is 1.57. The second-order valence-corrected chi connectivity index (χ2v) is 7.53. The van der Waals surface area contributed by atoms with Crippen molar-refractivity contribution in [3.8, 4) is 11.5 Å². The van der Waals surface area contributed by atoms with Gasteiger partial charge in [-0.05, 0) is 36.1 Å². The van der Waals surface area contributed by atoms with Crippen molar-refractivity contribution in [3.05, 3.63) is 48.0 Å². The lowest BCUT2D eigenvalue weighted by Gasteiger charge is -2.33. The molecule has 0 saturated carbocycles. The minimum Gasteiger partial charge on any atom is -0.504 e. The molecular formula is C14H15NO2S. The Labute approximate surface area is 108 Å². The van der Waals surface area contributed by atoms with E-state index in [1.165, 1.54) is 10.5 Å². The van der Waals surface area contributed by atoms with Gasteiger partial charge >= 0.3 is 0 Å². The molecule has 3 nitrogen and oxygen atoms in total. The number of nitrogens with one attached hydrogen (secondary N) is 1. The van der Waals surface area contributed by atoms with Gasteiger partial charge in [-0.3, -0.25) is 4.72 Å². The molecule has 1 heterocycles. The topological polar surface area (TPSA) is 52.5 Å². The summed E-state index contributed by atoms with van der Waals surface area (Å²) in [6.45, 7) is 0.851. The van der Waals surface area contributed by atoms with Gasteiger partial charge in [-0.2, -0.15) is 0 Å². The Morgan fingerprint density at radius 2 is 1.83 bits per heavy atom. The number of fused-ring (bicyclic) bond motifs is 1. The number of rotatable bonds is 1. The van der Waals surface area contributed by atoms with Crippen LogP contribution < -0.4 is 4.72 Å². The number of hydrogen-bond acceptors (Lipinski definition) is 3. The molecule has 3 N–H and O–H groups in total. The molecule has 94 valence electrons. The van der Waals surface area contributed by atoms with Crippen LogP contribution in [0.15, 0.2) is 52.3 Å². The number of benzene rings is 2. The highest BCUT2D eigenvalue weighted by molar-refractivity contribution is 8.31. The molecule has 0 spiro atoms. The summed E-state index contributed by atoms with van der Waals surface area (Å²) < 4.78 is 3.55. The van der Waals surface area contributed by atoms with E-state index in [4.69, 9.17) is 0 Å². The van der Waals surface area contributed by atoms with E-state index in [1.54, 1.807) is 12.1 Å². The third-order valence-corrected chi connectivity index (χ3v) is 6.58. The van der Waals surface area contributed by atoms with E-state index < -0.39 is 10.2 Å². The normalized spacial score (nSPS) is 25.4. The molecule has 1 unspecified atom stereocenters. The lowest BCUT2D eigenvalue weighted by Crippen LogP contribution is -2.11. The molecule has 0 bridgehead atoms. The first-order valence-electron chi connectivity index (χ1n) is 5.74. The molecular weight excluding hydrogens is 246 g/mol. The monoisotopic (exact) mass is 261 g/mol. The molecule has 2 aromatic rings. The summed E-state index contributed by atoms with van der Waals surface area (Å²) in [6, 6.07) is 13.4. The molecule has 0 radical (unpaired) electrons. The van der Waals surface area contributed by atoms with Gasteiger partial charge < -0.3 is 10.2 Å². The molecule has 1 atom stereocenters. The molecule has 0 fully saturated rings. The first-order chi connectivity index (χ1) is 8.61. The van der Waals surface area contributed by atoms with Gasteiger partial charge in [0.25, 0.3) is 0 Å². The third-order valence-electron chi connectivity index (χ3n) is 3.38. The van der Waals surface area contributed by atoms with Gasteiger partial charge in [0.05, 0.1) is 0 Å². The molecule has 0 aromatic heterocycles. The van der Waals surface area contributed by atoms with Crippen molar-refractivity contribution < 1.29 is 10.2 Å². The molecule has 0 aliphatic carbocycles. The van der Waals surface area contributed by atoms with Gasteiger partial charge in [-0.25, -0.2) is 0 Å². The van der Waals surface area contributed by atoms with Crippen LogP contribution in [0.2, 0.25) is 0 Å². The van der Waals surface area contributed by atoms with E-state index >= 15 is 0 Å². The van der Waals surface area contributed by atoms with Crippen LogP contribution in [0.1, 0.15) is 5.56 Å². The Morgan fingerprint density at radius 1 is 1.06 bits per heavy atom. The lowest BCUT2D eigenvalue weighted by atomic mass is 10.2. The average Bonchev–Trinajstić information content (AvgIpc) is 2.73. The van der Waals surface area contributed by atoms with Crippen LogP contribution in [-0.4, -0.2) is 16.5 Å². The van der Waals surface area contributed by atoms with Crippen LogP contribution in [0.3, 0.4) is 0 Å². The van der Waals surface area contributed by atoms with E-state index in [2.05, 4.69) is 23.1 Å². The van der Waals surface area contributed by atoms with Gasteiger partial charge in [0, 0.05) is 16.3 Å². The van der Waals surface area contributed by atoms with Crippen molar-refractivity contribution in [2.24, 2.45) is 0 Å². The molecule has 4 heteroatoms. The summed E-state index contributed by atoms with van der Waals surface area (Å²) in [4.78, 5) is 2.33. The fourth-order valence-corrected chi connectivity index (χ4v) is 5.04. The van der Waals surface area contributed by atoms with Gasteiger partial charge in [-0.1, -0.05) is 18.2 Å². The second kappa shape index (κ2) is 3.93. The van der Waals surface area contributed by atoms with Crippen LogP contribution in [0.5, 0.6) is 11.5 Å². The summed E-state index contributed by atoms with van der Waals surface area (Å²) >= 11 is 0. The average molecular weight is 261 g/mol. The van der Waals surface area contributed by atoms with Gasteiger partial charge in [-0.15, -0.1) is 10.2 Å². The van der Waals surface area contributed by atoms with Crippen molar-refractivity contribution >= 4 is 10.2 Å². The molecule has 3 rings (SSSR count). The summed E-state index contributed by atoms with van der Waals surface area (Å²) in [6.07, 6.45) is 2.17. The number of hydrogen-bond donors (Lipinski definition) is 3. The smallest absolute Gasteiger partial charge is 0.158 e. The van der Waals surface area contributed by atoms with E-state index in [9.17, 15) is 10.2 Å². The molecule has 2 aromatic carbocycles. The minimum absolute atomic E-state index is 0.0626. The zero-order chi connectivity index (χ0) is 12.8. The van der Waals surface area contributed by atoms with Crippen molar-refractivity contribution in [1.82, 2.24) is 4.72 Å². The largest absolute Gasteiger partial charge is 0.504 e. The fraction of sp³-hybridized carbons (Fsp3) is 0.143. The molecule has 0 saturated heterocycles. The minimum atomic E-state index is -1.30. The molecule has 1 aliphatic rings. The van der Waals surface area contributed by atoms with Gasteiger partial charge in [0.1, 0.15) is 0 Å². The summed E-state index contributed by atoms with van der Waals surface area (Å²) in [5.74, 6) is -0.138. The highest BCUT2D eigenvalue weighted by atomic mass is 32.3. The predicted octanol–water partition coefficient (Wildman–Crippen LogP) is 2.97. The number of phenolic OH excluding ortho intramolecular Hbond substituents is 2. The predicted molar refractivity (Wildman–Crippen MR) is 73.1 cm³/mol. The van der Waals surface area contributed by atoms with Crippen molar-refractivity contribution in [2.45, 2.75) is 16.3 Å². The van der Waals surface area contributed by atoms with E-state index in [-0.39, 0.29) is 11.5 Å². The Morgan fingerprint density at radius 3 is 2.61 bits per heavy atom. The molecule has 0 amide bonds. The maximum Gasteiger partial charge on any atom is 0.158 e. The lowest BCUT2D eigenvalue weighted by molar-refractivity contribution is 0.402. The van der Waals surface area contributed by atoms with Crippen molar-refractivity contribution in [3.63, 3.8) is 0 Å². The molecule has 18 heavy (non-hydrogen) atoms. The van der Waals surface area contributed by atoms with Crippen LogP contribution in [0.25, 0.3) is 0 Å². The Hall–Kier alpha value is -1.65. The van der Waals surface area contributed by atoms with Crippen LogP contribution in [0, 0.1) is 0 Å². The first-order valence-corrected chi connectivity index (χ1v) is 7.78. The molecule has 1 aliphatic heterocycles. The van der Waals surface area contributed by atoms with Gasteiger partial charge in [0.15, 0.2) is 11.5 Å². The van der Waals surface area contributed by atoms with Crippen LogP contribution in [-0.2, 0) is 6.54 Å². The highest BCUT2D eigenvalue weighted by Crippen LogP contribution is 2.61. The Kier molecular flexibility index (Phi) is 2.50. The SMILES string of the molecule is CS1(c2ccc(O)c(O)c2)NCc2ccccc21.